The molecule has 0 aliphatic heterocycles. The van der Waals surface area contributed by atoms with Gasteiger partial charge in [0.2, 0.25) is 0 Å². The van der Waals surface area contributed by atoms with Gasteiger partial charge in [0.1, 0.15) is 11.5 Å². The van der Waals surface area contributed by atoms with Crippen molar-refractivity contribution in [2.45, 2.75) is 182 Å². The molecule has 0 spiro atoms. The van der Waals surface area contributed by atoms with E-state index in [0.29, 0.717) is 13.2 Å². The molecule has 3 rings (SSSR count). The van der Waals surface area contributed by atoms with Crippen LogP contribution in [0.5, 0.6) is 11.5 Å². The average Bonchev–Trinajstić information content (AvgIpc) is 3.10. The molecule has 1 saturated carbocycles. The second-order valence-corrected chi connectivity index (χ2v) is 23.1. The van der Waals surface area contributed by atoms with Crippen LogP contribution in [0.2, 0.25) is 12.6 Å². The number of carbonyl (C=O) groups is 1. The SMILES string of the molecule is CCO[Si](C)(CCCCCCC(/C=N/[C@@H]1CCCC[C@H]1/N=C/c1cc(C(C)(C)C)cc(C(C)(C)C)c1O)C(c1ccccc1O)C(CC(=O)O)C(C)(C)C)OCC. The number of benzene rings is 2. The average molecular weight is 807 g/mol. The van der Waals surface area contributed by atoms with Gasteiger partial charge in [-0.2, -0.15) is 0 Å². The predicted molar refractivity (Wildman–Crippen MR) is 240 cm³/mol. The predicted octanol–water partition coefficient (Wildman–Crippen LogP) is 12.1. The van der Waals surface area contributed by atoms with Gasteiger partial charge >= 0.3 is 14.5 Å². The standard InChI is InChI=1S/C48H78N2O6Si/c1-13-55-57(12,56-14-2)28-22-16-15-17-23-34(44(37-24-18-21-27-42(37)51)38(31-43(52)53)47(6,7)8)32-49-40-25-19-20-26-41(40)50-33-35-29-36(46(3,4)5)30-39(45(35)54)48(9,10)11/h18,21,24,27,29-30,32-34,38,40-41,44,51,54H,13-17,19-20,22-23,25-26,28,31H2,1-12H3,(H,52,53)/b49-32+,50-33+/t34?,38?,40-,41-,44?/m1/s1. The highest BCUT2D eigenvalue weighted by molar-refractivity contribution is 6.66. The minimum atomic E-state index is -2.17. The van der Waals surface area contributed by atoms with Gasteiger partial charge in [0.25, 0.3) is 0 Å². The number of phenolic OH excluding ortho intramolecular Hbond substituents is 2. The lowest BCUT2D eigenvalue weighted by molar-refractivity contribution is -0.139. The number of para-hydroxylation sites is 1. The monoisotopic (exact) mass is 807 g/mol. The lowest BCUT2D eigenvalue weighted by atomic mass is 9.64. The highest BCUT2D eigenvalue weighted by atomic mass is 28.4. The van der Waals surface area contributed by atoms with E-state index in [1.165, 1.54) is 0 Å². The van der Waals surface area contributed by atoms with Crippen LogP contribution in [0.4, 0.5) is 0 Å². The fourth-order valence-electron chi connectivity index (χ4n) is 8.59. The molecule has 9 heteroatoms. The van der Waals surface area contributed by atoms with E-state index in [9.17, 15) is 20.1 Å². The Morgan fingerprint density at radius 1 is 0.860 bits per heavy atom. The summed E-state index contributed by atoms with van der Waals surface area (Å²) in [5.74, 6) is -0.951. The second kappa shape index (κ2) is 21.3. The lowest BCUT2D eigenvalue weighted by Crippen LogP contribution is -2.38. The lowest BCUT2D eigenvalue weighted by Gasteiger charge is -2.40. The van der Waals surface area contributed by atoms with Gasteiger partial charge in [-0.05, 0) is 97.0 Å². The molecule has 0 radical (unpaired) electrons. The van der Waals surface area contributed by atoms with Crippen LogP contribution in [0.1, 0.15) is 169 Å². The maximum atomic E-state index is 12.5. The molecule has 2 aromatic carbocycles. The Hall–Kier alpha value is -3.01. The maximum Gasteiger partial charge on any atom is 0.334 e. The Morgan fingerprint density at radius 3 is 2.00 bits per heavy atom. The number of aliphatic carboxylic acids is 1. The van der Waals surface area contributed by atoms with Gasteiger partial charge in [-0.15, -0.1) is 0 Å². The van der Waals surface area contributed by atoms with Crippen LogP contribution in [-0.2, 0) is 24.5 Å². The highest BCUT2D eigenvalue weighted by Gasteiger charge is 2.40. The second-order valence-electron chi connectivity index (χ2n) is 19.7. The van der Waals surface area contributed by atoms with E-state index in [2.05, 4.69) is 87.2 Å². The van der Waals surface area contributed by atoms with Crippen LogP contribution in [-0.4, -0.2) is 67.6 Å². The number of aliphatic imine (C=N–C) groups is 2. The van der Waals surface area contributed by atoms with Gasteiger partial charge in [-0.25, -0.2) is 0 Å². The van der Waals surface area contributed by atoms with Crippen molar-refractivity contribution in [1.82, 2.24) is 0 Å². The topological polar surface area (TPSA) is 121 Å². The molecule has 2 aromatic rings. The van der Waals surface area contributed by atoms with Crippen LogP contribution in [0, 0.1) is 17.3 Å². The molecule has 0 aromatic heterocycles. The summed E-state index contributed by atoms with van der Waals surface area (Å²) in [6, 6.07) is 12.5. The molecule has 5 atom stereocenters. The van der Waals surface area contributed by atoms with Crippen molar-refractivity contribution in [1.29, 1.82) is 0 Å². The molecular weight excluding hydrogens is 729 g/mol. The summed E-state index contributed by atoms with van der Waals surface area (Å²) >= 11 is 0. The van der Waals surface area contributed by atoms with Gasteiger partial charge < -0.3 is 24.2 Å². The van der Waals surface area contributed by atoms with Gasteiger partial charge in [-0.3, -0.25) is 14.8 Å². The molecule has 0 bridgehead atoms. The molecular formula is C48H78N2O6Si. The zero-order valence-electron chi connectivity index (χ0n) is 37.7. The smallest absolute Gasteiger partial charge is 0.334 e. The van der Waals surface area contributed by atoms with Crippen molar-refractivity contribution in [2.75, 3.05) is 13.2 Å². The van der Waals surface area contributed by atoms with Gasteiger partial charge in [0, 0.05) is 49.1 Å². The van der Waals surface area contributed by atoms with E-state index >= 15 is 0 Å². The number of carboxylic acids is 1. The summed E-state index contributed by atoms with van der Waals surface area (Å²) in [6.45, 7) is 26.9. The van der Waals surface area contributed by atoms with E-state index < -0.39 is 14.5 Å². The van der Waals surface area contributed by atoms with Gasteiger partial charge in [0.05, 0.1) is 12.1 Å². The Bertz CT molecular complexity index is 1610. The third kappa shape index (κ3) is 14.6. The van der Waals surface area contributed by atoms with Crippen LogP contribution in [0.25, 0.3) is 0 Å². The van der Waals surface area contributed by atoms with Crippen molar-refractivity contribution in [3.05, 3.63) is 58.7 Å². The highest BCUT2D eigenvalue weighted by Crippen LogP contribution is 2.48. The fourth-order valence-corrected chi connectivity index (χ4v) is 11.1. The Kier molecular flexibility index (Phi) is 18.1. The molecule has 0 heterocycles. The summed E-state index contributed by atoms with van der Waals surface area (Å²) in [7, 11) is -2.17. The minimum absolute atomic E-state index is 0.00503. The summed E-state index contributed by atoms with van der Waals surface area (Å²) in [5, 5.41) is 33.0. The van der Waals surface area contributed by atoms with Crippen molar-refractivity contribution in [2.24, 2.45) is 27.2 Å². The maximum absolute atomic E-state index is 12.5. The zero-order valence-corrected chi connectivity index (χ0v) is 38.7. The third-order valence-corrected chi connectivity index (χ3v) is 15.0. The summed E-state index contributed by atoms with van der Waals surface area (Å²) in [4.78, 5) is 23.0. The van der Waals surface area contributed by atoms with Crippen molar-refractivity contribution < 1.29 is 29.0 Å². The number of aromatic hydroxyl groups is 2. The first-order valence-electron chi connectivity index (χ1n) is 21.8. The fraction of sp³-hybridized carbons (Fsp3) is 0.688. The van der Waals surface area contributed by atoms with Crippen LogP contribution in [0.15, 0.2) is 46.4 Å². The van der Waals surface area contributed by atoms with E-state index in [1.54, 1.807) is 6.07 Å². The van der Waals surface area contributed by atoms with Gasteiger partial charge in [-0.1, -0.05) is 125 Å². The zero-order chi connectivity index (χ0) is 42.6. The molecule has 0 saturated heterocycles. The van der Waals surface area contributed by atoms with E-state index in [-0.39, 0.29) is 64.0 Å². The number of hydrogen-bond acceptors (Lipinski definition) is 7. The number of carboxylic acid groups (broad SMARTS) is 1. The van der Waals surface area contributed by atoms with Crippen LogP contribution >= 0.6 is 0 Å². The molecule has 320 valence electrons. The van der Waals surface area contributed by atoms with E-state index in [1.807, 2.05) is 38.3 Å². The van der Waals surface area contributed by atoms with Gasteiger partial charge in [0.15, 0.2) is 0 Å². The Morgan fingerprint density at radius 2 is 1.46 bits per heavy atom. The molecule has 3 unspecified atom stereocenters. The van der Waals surface area contributed by atoms with Crippen LogP contribution < -0.4 is 0 Å². The summed E-state index contributed by atoms with van der Waals surface area (Å²) < 4.78 is 12.2. The molecule has 8 nitrogen and oxygen atoms in total. The quantitative estimate of drug-likeness (QED) is 0.0696. The van der Waals surface area contributed by atoms with E-state index in [4.69, 9.17) is 18.8 Å². The summed E-state index contributed by atoms with van der Waals surface area (Å²) in [5.41, 5.74) is 2.94. The van der Waals surface area contributed by atoms with Crippen molar-refractivity contribution >= 4 is 27.0 Å². The molecule has 1 aliphatic rings. The van der Waals surface area contributed by atoms with Crippen molar-refractivity contribution in [3.8, 4) is 11.5 Å². The molecule has 57 heavy (non-hydrogen) atoms. The third-order valence-electron chi connectivity index (χ3n) is 11.9. The van der Waals surface area contributed by atoms with E-state index in [0.717, 1.165) is 86.1 Å². The number of phenols is 2. The first kappa shape index (κ1) is 48.4. The number of rotatable bonds is 20. The molecule has 0 amide bonds. The van der Waals surface area contributed by atoms with Crippen molar-refractivity contribution in [3.63, 3.8) is 0 Å². The normalized spacial score (nSPS) is 18.9. The van der Waals surface area contributed by atoms with Crippen LogP contribution in [0.3, 0.4) is 0 Å². The first-order valence-corrected chi connectivity index (χ1v) is 24.4. The Labute approximate surface area is 347 Å². The molecule has 1 aliphatic carbocycles. The summed E-state index contributed by atoms with van der Waals surface area (Å²) in [6.07, 6.45) is 12.8. The minimum Gasteiger partial charge on any atom is -0.508 e. The number of unbranched alkanes of at least 4 members (excludes halogenated alkanes) is 3. The number of hydrogen-bond donors (Lipinski definition) is 3. The largest absolute Gasteiger partial charge is 0.508 e. The first-order chi connectivity index (χ1) is 26.6. The molecule has 3 N–H and O–H groups in total. The number of nitrogens with zero attached hydrogens (tertiary/aromatic N) is 2. The Balaban J connectivity index is 2.02. The molecule has 1 fully saturated rings.